The molecule has 3 heteroatoms. The molecular formula is C15H18O2S. The van der Waals surface area contributed by atoms with E-state index < -0.39 is 0 Å². The zero-order valence-corrected chi connectivity index (χ0v) is 11.4. The highest BCUT2D eigenvalue weighted by Gasteiger charge is 1.97. The summed E-state index contributed by atoms with van der Waals surface area (Å²) in [6.07, 6.45) is 2.03. The molecule has 0 saturated heterocycles. The summed E-state index contributed by atoms with van der Waals surface area (Å²) in [6.45, 7) is 3.59. The number of thiophene rings is 1. The minimum absolute atomic E-state index is 0.747. The lowest BCUT2D eigenvalue weighted by Gasteiger charge is -2.06. The zero-order valence-electron chi connectivity index (χ0n) is 10.6. The molecule has 0 unspecified atom stereocenters. The van der Waals surface area contributed by atoms with Crippen molar-refractivity contribution in [2.24, 2.45) is 0 Å². The third-order valence-electron chi connectivity index (χ3n) is 2.50. The van der Waals surface area contributed by atoms with Gasteiger partial charge >= 0.3 is 0 Å². The maximum atomic E-state index is 5.64. The number of hydrogen-bond donors (Lipinski definition) is 0. The molecule has 1 aromatic heterocycles. The number of unbranched alkanes of at least 4 members (excludes halogenated alkanes) is 1. The van der Waals surface area contributed by atoms with Crippen molar-refractivity contribution in [3.05, 3.63) is 47.3 Å². The fraction of sp³-hybridized carbons (Fsp3) is 0.333. The van der Waals surface area contributed by atoms with Crippen LogP contribution in [0.1, 0.15) is 18.4 Å². The first-order valence-corrected chi connectivity index (χ1v) is 7.08. The molecule has 0 spiro atoms. The van der Waals surface area contributed by atoms with E-state index in [4.69, 9.17) is 9.47 Å². The largest absolute Gasteiger partial charge is 0.494 e. The summed E-state index contributed by atoms with van der Waals surface area (Å²) < 4.78 is 11.3. The number of rotatable bonds is 7. The molecular weight excluding hydrogens is 244 g/mol. The van der Waals surface area contributed by atoms with Crippen molar-refractivity contribution in [1.29, 1.82) is 0 Å². The van der Waals surface area contributed by atoms with Gasteiger partial charge in [0.2, 0.25) is 0 Å². The molecule has 0 saturated carbocycles. The summed E-state index contributed by atoms with van der Waals surface area (Å²) in [5.74, 6) is 0.937. The van der Waals surface area contributed by atoms with E-state index in [2.05, 4.69) is 18.4 Å². The topological polar surface area (TPSA) is 18.5 Å². The van der Waals surface area contributed by atoms with Crippen molar-refractivity contribution < 1.29 is 9.47 Å². The highest BCUT2D eigenvalue weighted by atomic mass is 32.1. The number of aryl methyl sites for hydroxylation is 1. The molecule has 0 amide bonds. The number of benzene rings is 1. The average Bonchev–Trinajstić information content (AvgIpc) is 2.81. The highest BCUT2D eigenvalue weighted by Crippen LogP contribution is 2.22. The van der Waals surface area contributed by atoms with Crippen molar-refractivity contribution in [2.45, 2.75) is 19.8 Å². The molecule has 2 aromatic rings. The Morgan fingerprint density at radius 2 is 1.72 bits per heavy atom. The summed E-state index contributed by atoms with van der Waals surface area (Å²) in [6, 6.07) is 12.0. The second-order valence-electron chi connectivity index (χ2n) is 4.16. The van der Waals surface area contributed by atoms with Crippen molar-refractivity contribution in [1.82, 2.24) is 0 Å². The van der Waals surface area contributed by atoms with Crippen LogP contribution < -0.4 is 9.47 Å². The minimum atomic E-state index is 0.747. The molecule has 0 radical (unpaired) electrons. The molecule has 0 aliphatic heterocycles. The molecule has 0 fully saturated rings. The van der Waals surface area contributed by atoms with E-state index in [-0.39, 0.29) is 0 Å². The van der Waals surface area contributed by atoms with Crippen LogP contribution in [0.15, 0.2) is 41.8 Å². The van der Waals surface area contributed by atoms with Crippen molar-refractivity contribution in [2.75, 3.05) is 13.2 Å². The van der Waals surface area contributed by atoms with Gasteiger partial charge in [0.05, 0.1) is 13.2 Å². The Bertz CT molecular complexity index is 451. The first-order chi connectivity index (χ1) is 8.84. The van der Waals surface area contributed by atoms with Crippen LogP contribution in [0.25, 0.3) is 0 Å². The van der Waals surface area contributed by atoms with Crippen molar-refractivity contribution in [3.8, 4) is 10.8 Å². The summed E-state index contributed by atoms with van der Waals surface area (Å²) in [5.41, 5.74) is 1.27. The lowest BCUT2D eigenvalue weighted by atomic mass is 10.3. The Morgan fingerprint density at radius 1 is 1.00 bits per heavy atom. The smallest absolute Gasteiger partial charge is 0.173 e. The summed E-state index contributed by atoms with van der Waals surface area (Å²) >= 11 is 1.66. The standard InChI is InChI=1S/C15H18O2S/c1-13-11-15(18-12-13)17-10-6-5-9-16-14-7-3-2-4-8-14/h2-4,7-8,11-12H,5-6,9-10H2,1H3. The molecule has 1 heterocycles. The average molecular weight is 262 g/mol. The van der Waals surface area contributed by atoms with Gasteiger partial charge in [0.25, 0.3) is 0 Å². The van der Waals surface area contributed by atoms with Crippen LogP contribution in [-0.4, -0.2) is 13.2 Å². The van der Waals surface area contributed by atoms with E-state index in [1.165, 1.54) is 5.56 Å². The normalized spacial score (nSPS) is 10.3. The van der Waals surface area contributed by atoms with Gasteiger partial charge in [-0.15, -0.1) is 11.3 Å². The van der Waals surface area contributed by atoms with Crippen LogP contribution in [0, 0.1) is 6.92 Å². The van der Waals surface area contributed by atoms with E-state index in [0.717, 1.165) is 36.9 Å². The third kappa shape index (κ3) is 4.41. The van der Waals surface area contributed by atoms with E-state index in [0.29, 0.717) is 0 Å². The van der Waals surface area contributed by atoms with E-state index >= 15 is 0 Å². The fourth-order valence-corrected chi connectivity index (χ4v) is 2.34. The van der Waals surface area contributed by atoms with E-state index in [1.54, 1.807) is 11.3 Å². The summed E-state index contributed by atoms with van der Waals surface area (Å²) in [7, 11) is 0. The zero-order chi connectivity index (χ0) is 12.6. The van der Waals surface area contributed by atoms with Gasteiger partial charge in [0.1, 0.15) is 5.75 Å². The first-order valence-electron chi connectivity index (χ1n) is 6.20. The second-order valence-corrected chi connectivity index (χ2v) is 5.03. The van der Waals surface area contributed by atoms with Gasteiger partial charge in [-0.05, 0) is 48.9 Å². The molecule has 2 nitrogen and oxygen atoms in total. The molecule has 0 bridgehead atoms. The van der Waals surface area contributed by atoms with Gasteiger partial charge in [0, 0.05) is 0 Å². The molecule has 0 atom stereocenters. The molecule has 96 valence electrons. The van der Waals surface area contributed by atoms with E-state index in [9.17, 15) is 0 Å². The summed E-state index contributed by atoms with van der Waals surface area (Å²) in [4.78, 5) is 0. The van der Waals surface area contributed by atoms with Crippen LogP contribution in [0.2, 0.25) is 0 Å². The lowest BCUT2D eigenvalue weighted by molar-refractivity contribution is 0.270. The van der Waals surface area contributed by atoms with E-state index in [1.807, 2.05) is 30.3 Å². The Hall–Kier alpha value is -1.48. The first kappa shape index (κ1) is 13.0. The Labute approximate surface area is 112 Å². The number of para-hydroxylation sites is 1. The minimum Gasteiger partial charge on any atom is -0.494 e. The molecule has 18 heavy (non-hydrogen) atoms. The fourth-order valence-electron chi connectivity index (χ4n) is 1.56. The SMILES string of the molecule is Cc1csc(OCCCCOc2ccccc2)c1. The van der Waals surface area contributed by atoms with Crippen LogP contribution in [0.5, 0.6) is 10.8 Å². The molecule has 0 N–H and O–H groups in total. The monoisotopic (exact) mass is 262 g/mol. The molecule has 1 aromatic carbocycles. The maximum Gasteiger partial charge on any atom is 0.173 e. The lowest BCUT2D eigenvalue weighted by Crippen LogP contribution is -2.01. The van der Waals surface area contributed by atoms with Crippen LogP contribution in [0.3, 0.4) is 0 Å². The van der Waals surface area contributed by atoms with Gasteiger partial charge in [-0.25, -0.2) is 0 Å². The molecule has 0 aliphatic carbocycles. The quantitative estimate of drug-likeness (QED) is 0.693. The molecule has 0 aliphatic rings. The number of hydrogen-bond acceptors (Lipinski definition) is 3. The maximum absolute atomic E-state index is 5.64. The van der Waals surface area contributed by atoms with Gasteiger partial charge in [-0.2, -0.15) is 0 Å². The Morgan fingerprint density at radius 3 is 2.39 bits per heavy atom. The van der Waals surface area contributed by atoms with Gasteiger partial charge in [-0.3, -0.25) is 0 Å². The van der Waals surface area contributed by atoms with Gasteiger partial charge in [0.15, 0.2) is 5.06 Å². The highest BCUT2D eigenvalue weighted by molar-refractivity contribution is 7.12. The Balaban J connectivity index is 1.54. The third-order valence-corrected chi connectivity index (χ3v) is 3.46. The van der Waals surface area contributed by atoms with Crippen LogP contribution in [0.4, 0.5) is 0 Å². The predicted octanol–water partition coefficient (Wildman–Crippen LogP) is 4.29. The van der Waals surface area contributed by atoms with Gasteiger partial charge in [-0.1, -0.05) is 18.2 Å². The number of ether oxygens (including phenoxy) is 2. The Kier molecular flexibility index (Phi) is 5.09. The second kappa shape index (κ2) is 7.07. The van der Waals surface area contributed by atoms with Crippen LogP contribution >= 0.6 is 11.3 Å². The van der Waals surface area contributed by atoms with Gasteiger partial charge < -0.3 is 9.47 Å². The summed E-state index contributed by atoms with van der Waals surface area (Å²) in [5, 5.41) is 3.12. The predicted molar refractivity (Wildman–Crippen MR) is 75.7 cm³/mol. The van der Waals surface area contributed by atoms with Crippen molar-refractivity contribution in [3.63, 3.8) is 0 Å². The van der Waals surface area contributed by atoms with Crippen molar-refractivity contribution >= 4 is 11.3 Å². The van der Waals surface area contributed by atoms with Crippen LogP contribution in [-0.2, 0) is 0 Å². The molecule has 2 rings (SSSR count).